The molecule has 154 valence electrons. The molecule has 0 bridgehead atoms. The predicted molar refractivity (Wildman–Crippen MR) is 114 cm³/mol. The molecule has 1 N–H and O–H groups in total. The van der Waals surface area contributed by atoms with E-state index in [1.165, 1.54) is 12.8 Å². The summed E-state index contributed by atoms with van der Waals surface area (Å²) in [6.45, 7) is 1.84. The lowest BCUT2D eigenvalue weighted by atomic mass is 9.95. The van der Waals surface area contributed by atoms with E-state index in [4.69, 9.17) is 9.47 Å². The van der Waals surface area contributed by atoms with Crippen LogP contribution >= 0.6 is 0 Å². The first kappa shape index (κ1) is 19.9. The highest BCUT2D eigenvalue weighted by molar-refractivity contribution is 6.29. The van der Waals surface area contributed by atoms with Crippen LogP contribution in [0.1, 0.15) is 43.7 Å². The molecule has 1 aromatic heterocycles. The Morgan fingerprint density at radius 3 is 2.50 bits per heavy atom. The highest BCUT2D eigenvalue weighted by Gasteiger charge is 2.32. The summed E-state index contributed by atoms with van der Waals surface area (Å²) in [7, 11) is 1.61. The van der Waals surface area contributed by atoms with Crippen molar-refractivity contribution in [3.8, 4) is 11.5 Å². The number of nitrogens with zero attached hydrogens (tertiary/aromatic N) is 1. The van der Waals surface area contributed by atoms with Gasteiger partial charge in [0.05, 0.1) is 24.4 Å². The fourth-order valence-corrected chi connectivity index (χ4v) is 3.94. The van der Waals surface area contributed by atoms with E-state index in [9.17, 15) is 9.59 Å². The number of pyridine rings is 1. The van der Waals surface area contributed by atoms with Crippen molar-refractivity contribution in [3.63, 3.8) is 0 Å². The molecule has 30 heavy (non-hydrogen) atoms. The fraction of sp³-hybridized carbons (Fsp3) is 0.292. The van der Waals surface area contributed by atoms with Gasteiger partial charge in [-0.25, -0.2) is 0 Å². The summed E-state index contributed by atoms with van der Waals surface area (Å²) in [4.78, 5) is 29.0. The molecule has 4 rings (SSSR count). The molecule has 1 saturated heterocycles. The number of methoxy groups -OCH3 is 1. The topological polar surface area (TPSA) is 77.5 Å². The number of carbonyl (C=O) groups excluding carboxylic acids is 2. The van der Waals surface area contributed by atoms with Crippen molar-refractivity contribution >= 4 is 23.5 Å². The minimum absolute atomic E-state index is 0.181. The maximum Gasteiger partial charge on any atom is 0.259 e. The highest BCUT2D eigenvalue weighted by atomic mass is 16.5. The summed E-state index contributed by atoms with van der Waals surface area (Å²) in [6, 6.07) is 9.18. The van der Waals surface area contributed by atoms with Gasteiger partial charge in [-0.2, -0.15) is 0 Å². The van der Waals surface area contributed by atoms with Gasteiger partial charge in [-0.15, -0.1) is 0 Å². The molecule has 6 heteroatoms. The van der Waals surface area contributed by atoms with E-state index in [1.807, 2.05) is 25.1 Å². The zero-order valence-electron chi connectivity index (χ0n) is 17.1. The first-order chi connectivity index (χ1) is 14.6. The number of allylic oxidation sites excluding steroid dienone is 1. The van der Waals surface area contributed by atoms with Crippen molar-refractivity contribution in [2.45, 2.75) is 38.7 Å². The van der Waals surface area contributed by atoms with Crippen LogP contribution in [0.5, 0.6) is 11.5 Å². The first-order valence-corrected chi connectivity index (χ1v) is 10.1. The normalized spacial score (nSPS) is 19.9. The third-order valence-electron chi connectivity index (χ3n) is 5.55. The summed E-state index contributed by atoms with van der Waals surface area (Å²) in [5, 5.41) is 2.41. The number of benzene rings is 1. The summed E-state index contributed by atoms with van der Waals surface area (Å²) >= 11 is 0. The Hall–Kier alpha value is -3.41. The Balaban J connectivity index is 1.75. The zero-order chi connectivity index (χ0) is 21.1. The number of carbonyl (C=O) groups is 2. The van der Waals surface area contributed by atoms with Crippen LogP contribution in [0.2, 0.25) is 0 Å². The minimum atomic E-state index is -0.401. The summed E-state index contributed by atoms with van der Waals surface area (Å²) in [5.41, 5.74) is 3.03. The molecule has 1 aromatic carbocycles. The largest absolute Gasteiger partial charge is 0.493 e. The summed E-state index contributed by atoms with van der Waals surface area (Å²) in [6.07, 6.45) is 9.58. The van der Waals surface area contributed by atoms with Gasteiger partial charge in [0, 0.05) is 12.4 Å². The number of hydrogen-bond donors (Lipinski definition) is 1. The average Bonchev–Trinajstić information content (AvgIpc) is 3.36. The van der Waals surface area contributed by atoms with Crippen LogP contribution in [0, 0.1) is 0 Å². The molecule has 0 unspecified atom stereocenters. The smallest absolute Gasteiger partial charge is 0.259 e. The van der Waals surface area contributed by atoms with Gasteiger partial charge < -0.3 is 9.47 Å². The molecular weight excluding hydrogens is 380 g/mol. The second-order valence-corrected chi connectivity index (χ2v) is 7.51. The van der Waals surface area contributed by atoms with Gasteiger partial charge in [-0.05, 0) is 79.6 Å². The average molecular weight is 404 g/mol. The minimum Gasteiger partial charge on any atom is -0.493 e. The number of amides is 2. The maximum absolute atomic E-state index is 12.6. The Morgan fingerprint density at radius 1 is 1.07 bits per heavy atom. The molecule has 1 saturated carbocycles. The van der Waals surface area contributed by atoms with Crippen molar-refractivity contribution in [1.82, 2.24) is 10.3 Å². The van der Waals surface area contributed by atoms with E-state index in [0.29, 0.717) is 28.2 Å². The summed E-state index contributed by atoms with van der Waals surface area (Å²) < 4.78 is 11.6. The van der Waals surface area contributed by atoms with Crippen molar-refractivity contribution in [3.05, 3.63) is 65.0 Å². The molecule has 6 nitrogen and oxygen atoms in total. The lowest BCUT2D eigenvalue weighted by Crippen LogP contribution is -2.20. The van der Waals surface area contributed by atoms with Crippen LogP contribution in [0.4, 0.5) is 0 Å². The molecular formula is C24H24N2O4. The van der Waals surface area contributed by atoms with Crippen LogP contribution in [-0.2, 0) is 9.59 Å². The van der Waals surface area contributed by atoms with Crippen LogP contribution in [0.25, 0.3) is 11.6 Å². The van der Waals surface area contributed by atoms with E-state index >= 15 is 0 Å². The number of hydrogen-bond acceptors (Lipinski definition) is 5. The van der Waals surface area contributed by atoms with Crippen LogP contribution in [0.3, 0.4) is 0 Å². The van der Waals surface area contributed by atoms with Crippen LogP contribution < -0.4 is 14.8 Å². The maximum atomic E-state index is 12.6. The standard InChI is InChI=1S/C24H24N2O4/c1-15(17-7-8-20(29-2)21(14-17)30-18-5-3-4-6-18)22-19(23(27)26-24(22)28)13-16-9-11-25-12-10-16/h7-14,18H,3-6H2,1-2H3,(H,26,27,28)/b19-13+,22-15-. The molecule has 2 amide bonds. The quantitative estimate of drug-likeness (QED) is 0.604. The van der Waals surface area contributed by atoms with Crippen molar-refractivity contribution in [1.29, 1.82) is 0 Å². The monoisotopic (exact) mass is 404 g/mol. The predicted octanol–water partition coefficient (Wildman–Crippen LogP) is 3.93. The second kappa shape index (κ2) is 8.53. The van der Waals surface area contributed by atoms with Gasteiger partial charge in [-0.3, -0.25) is 19.9 Å². The van der Waals surface area contributed by atoms with Crippen LogP contribution in [-0.4, -0.2) is 30.0 Å². The second-order valence-electron chi connectivity index (χ2n) is 7.51. The third kappa shape index (κ3) is 3.99. The molecule has 2 heterocycles. The van der Waals surface area contributed by atoms with E-state index < -0.39 is 11.8 Å². The number of ether oxygens (including phenoxy) is 2. The molecule has 2 fully saturated rings. The molecule has 1 aliphatic heterocycles. The van der Waals surface area contributed by atoms with E-state index in [-0.39, 0.29) is 6.10 Å². The zero-order valence-corrected chi connectivity index (χ0v) is 17.1. The van der Waals surface area contributed by atoms with Gasteiger partial charge in [0.1, 0.15) is 0 Å². The number of nitrogens with one attached hydrogen (secondary N) is 1. The lowest BCUT2D eigenvalue weighted by molar-refractivity contribution is -0.123. The van der Waals surface area contributed by atoms with Gasteiger partial charge in [0.15, 0.2) is 11.5 Å². The van der Waals surface area contributed by atoms with Gasteiger partial charge >= 0.3 is 0 Å². The van der Waals surface area contributed by atoms with Crippen LogP contribution in [0.15, 0.2) is 53.9 Å². The fourth-order valence-electron chi connectivity index (χ4n) is 3.94. The highest BCUT2D eigenvalue weighted by Crippen LogP contribution is 2.36. The van der Waals surface area contributed by atoms with Crippen molar-refractivity contribution < 1.29 is 19.1 Å². The Kier molecular flexibility index (Phi) is 5.65. The number of rotatable bonds is 5. The molecule has 0 radical (unpaired) electrons. The Labute approximate surface area is 175 Å². The van der Waals surface area contributed by atoms with E-state index in [2.05, 4.69) is 10.3 Å². The molecule has 2 aromatic rings. The summed E-state index contributed by atoms with van der Waals surface area (Å²) in [5.74, 6) is 0.517. The Bertz CT molecular complexity index is 1030. The van der Waals surface area contributed by atoms with Gasteiger partial charge in [-0.1, -0.05) is 6.07 Å². The van der Waals surface area contributed by atoms with Crippen molar-refractivity contribution in [2.24, 2.45) is 0 Å². The molecule has 0 atom stereocenters. The van der Waals surface area contributed by atoms with Crippen molar-refractivity contribution in [2.75, 3.05) is 7.11 Å². The van der Waals surface area contributed by atoms with Gasteiger partial charge in [0.25, 0.3) is 11.8 Å². The first-order valence-electron chi connectivity index (χ1n) is 10.1. The number of imide groups is 1. The SMILES string of the molecule is COc1ccc(/C(C)=C2\C(=O)NC(=O)\C2=C\c2ccncc2)cc1OC1CCCC1. The van der Waals surface area contributed by atoms with Gasteiger partial charge in [0.2, 0.25) is 0 Å². The van der Waals surface area contributed by atoms with E-state index in [1.54, 1.807) is 37.7 Å². The lowest BCUT2D eigenvalue weighted by Gasteiger charge is -2.17. The molecule has 0 spiro atoms. The third-order valence-corrected chi connectivity index (χ3v) is 5.55. The Morgan fingerprint density at radius 2 is 1.80 bits per heavy atom. The number of aromatic nitrogens is 1. The van der Waals surface area contributed by atoms with E-state index in [0.717, 1.165) is 24.0 Å². The molecule has 2 aliphatic rings. The molecule has 1 aliphatic carbocycles.